The summed E-state index contributed by atoms with van der Waals surface area (Å²) < 4.78 is 0. The molecule has 5 nitrogen and oxygen atoms in total. The van der Waals surface area contributed by atoms with Gasteiger partial charge in [-0.2, -0.15) is 10.1 Å². The molecule has 110 valence electrons. The molecule has 1 unspecified atom stereocenters. The van der Waals surface area contributed by atoms with Crippen LogP contribution in [-0.2, 0) is 4.79 Å². The van der Waals surface area contributed by atoms with Crippen LogP contribution in [0.15, 0.2) is 64.7 Å². The van der Waals surface area contributed by atoms with Gasteiger partial charge in [-0.05, 0) is 43.3 Å². The van der Waals surface area contributed by atoms with Crippen LogP contribution in [0, 0.1) is 5.92 Å². The summed E-state index contributed by atoms with van der Waals surface area (Å²) in [5, 5.41) is 15.0. The minimum atomic E-state index is -0.464. The molecular formula is C17H15N3O2. The number of carbonyl (C=O) groups is 1. The summed E-state index contributed by atoms with van der Waals surface area (Å²) in [6.07, 6.45) is 1.59. The average Bonchev–Trinajstić information content (AvgIpc) is 2.82. The van der Waals surface area contributed by atoms with Crippen LogP contribution >= 0.6 is 0 Å². The number of anilines is 1. The lowest BCUT2D eigenvalue weighted by molar-refractivity contribution is -0.118. The summed E-state index contributed by atoms with van der Waals surface area (Å²) in [5.41, 5.74) is 2.13. The van der Waals surface area contributed by atoms with Crippen LogP contribution in [0.25, 0.3) is 0 Å². The number of hydrazone groups is 1. The fourth-order valence-corrected chi connectivity index (χ4v) is 2.20. The van der Waals surface area contributed by atoms with Gasteiger partial charge in [0.25, 0.3) is 5.91 Å². The molecule has 2 aromatic carbocycles. The summed E-state index contributed by atoms with van der Waals surface area (Å²) in [6.45, 7) is 1.81. The number of amides is 1. The molecule has 0 radical (unpaired) electrons. The topological polar surface area (TPSA) is 65.3 Å². The Kier molecular flexibility index (Phi) is 3.70. The zero-order valence-electron chi connectivity index (χ0n) is 12.0. The second-order valence-electron chi connectivity index (χ2n) is 5.00. The van der Waals surface area contributed by atoms with E-state index < -0.39 is 5.92 Å². The molecule has 2 aromatic rings. The highest BCUT2D eigenvalue weighted by molar-refractivity contribution is 6.23. The predicted molar refractivity (Wildman–Crippen MR) is 86.8 cm³/mol. The standard InChI is InChI=1S/C17H15N3O2/c1-12-16(11-18-13-7-9-15(21)10-8-13)17(22)20(19-12)14-5-3-2-4-6-14/h2-11,16,21H,1H3. The van der Waals surface area contributed by atoms with Gasteiger partial charge in [-0.25, -0.2) is 0 Å². The van der Waals surface area contributed by atoms with Crippen molar-refractivity contribution in [3.63, 3.8) is 0 Å². The zero-order valence-corrected chi connectivity index (χ0v) is 12.0. The maximum Gasteiger partial charge on any atom is 0.261 e. The van der Waals surface area contributed by atoms with Crippen molar-refractivity contribution in [2.75, 3.05) is 5.01 Å². The van der Waals surface area contributed by atoms with Gasteiger partial charge in [0.15, 0.2) is 0 Å². The number of benzene rings is 2. The van der Waals surface area contributed by atoms with Gasteiger partial charge in [0, 0.05) is 6.21 Å². The third kappa shape index (κ3) is 2.74. The second kappa shape index (κ2) is 5.81. The van der Waals surface area contributed by atoms with Gasteiger partial charge < -0.3 is 5.11 Å². The molecule has 0 saturated heterocycles. The molecule has 0 saturated carbocycles. The van der Waals surface area contributed by atoms with E-state index in [1.807, 2.05) is 37.3 Å². The maximum atomic E-state index is 12.5. The van der Waals surface area contributed by atoms with Crippen molar-refractivity contribution >= 4 is 29.2 Å². The van der Waals surface area contributed by atoms with E-state index in [9.17, 15) is 9.90 Å². The van der Waals surface area contributed by atoms with E-state index in [1.54, 1.807) is 30.5 Å². The molecule has 1 heterocycles. The monoisotopic (exact) mass is 293 g/mol. The molecule has 5 heteroatoms. The second-order valence-corrected chi connectivity index (χ2v) is 5.00. The molecule has 3 rings (SSSR count). The number of rotatable bonds is 3. The Balaban J connectivity index is 1.80. The third-order valence-corrected chi connectivity index (χ3v) is 3.41. The Morgan fingerprint density at radius 1 is 1.14 bits per heavy atom. The smallest absolute Gasteiger partial charge is 0.261 e. The van der Waals surface area contributed by atoms with Crippen molar-refractivity contribution < 1.29 is 9.90 Å². The molecule has 22 heavy (non-hydrogen) atoms. The number of para-hydroxylation sites is 1. The first-order valence-corrected chi connectivity index (χ1v) is 6.92. The predicted octanol–water partition coefficient (Wildman–Crippen LogP) is 3.13. The van der Waals surface area contributed by atoms with E-state index in [0.29, 0.717) is 11.4 Å². The number of hydrogen-bond donors (Lipinski definition) is 1. The number of carbonyl (C=O) groups excluding carboxylic acids is 1. The minimum Gasteiger partial charge on any atom is -0.508 e. The molecule has 1 amide bonds. The lowest BCUT2D eigenvalue weighted by atomic mass is 10.1. The molecular weight excluding hydrogens is 278 g/mol. The van der Waals surface area contributed by atoms with Gasteiger partial charge >= 0.3 is 0 Å². The molecule has 1 aliphatic rings. The Morgan fingerprint density at radius 3 is 2.50 bits per heavy atom. The largest absolute Gasteiger partial charge is 0.508 e. The van der Waals surface area contributed by atoms with E-state index in [0.717, 1.165) is 5.69 Å². The lowest BCUT2D eigenvalue weighted by Gasteiger charge is -2.12. The zero-order chi connectivity index (χ0) is 15.5. The van der Waals surface area contributed by atoms with Crippen molar-refractivity contribution in [3.8, 4) is 5.75 Å². The van der Waals surface area contributed by atoms with Gasteiger partial charge in [0.1, 0.15) is 11.7 Å². The van der Waals surface area contributed by atoms with Gasteiger partial charge in [0.2, 0.25) is 0 Å². The highest BCUT2D eigenvalue weighted by Gasteiger charge is 2.33. The van der Waals surface area contributed by atoms with E-state index in [4.69, 9.17) is 0 Å². The van der Waals surface area contributed by atoms with Crippen LogP contribution in [0.4, 0.5) is 11.4 Å². The van der Waals surface area contributed by atoms with Gasteiger partial charge in [-0.3, -0.25) is 9.79 Å². The molecule has 0 spiro atoms. The van der Waals surface area contributed by atoms with Crippen LogP contribution in [0.2, 0.25) is 0 Å². The van der Waals surface area contributed by atoms with Crippen LogP contribution in [0.1, 0.15) is 6.92 Å². The van der Waals surface area contributed by atoms with Gasteiger partial charge in [0.05, 0.1) is 17.1 Å². The summed E-state index contributed by atoms with van der Waals surface area (Å²) in [7, 11) is 0. The van der Waals surface area contributed by atoms with E-state index in [-0.39, 0.29) is 11.7 Å². The van der Waals surface area contributed by atoms with Crippen molar-refractivity contribution in [3.05, 3.63) is 54.6 Å². The van der Waals surface area contributed by atoms with Crippen molar-refractivity contribution in [1.29, 1.82) is 0 Å². The first kappa shape index (κ1) is 14.0. The third-order valence-electron chi connectivity index (χ3n) is 3.41. The Hall–Kier alpha value is -2.95. The van der Waals surface area contributed by atoms with Crippen molar-refractivity contribution in [1.82, 2.24) is 0 Å². The van der Waals surface area contributed by atoms with Crippen LogP contribution in [-0.4, -0.2) is 22.9 Å². The molecule has 0 aliphatic carbocycles. The Bertz CT molecular complexity index is 736. The summed E-state index contributed by atoms with van der Waals surface area (Å²) in [6, 6.07) is 15.8. The van der Waals surface area contributed by atoms with Crippen molar-refractivity contribution in [2.24, 2.45) is 16.0 Å². The Morgan fingerprint density at radius 2 is 1.82 bits per heavy atom. The normalized spacial score (nSPS) is 18.0. The molecule has 0 fully saturated rings. The first-order chi connectivity index (χ1) is 10.6. The Labute approximate surface area is 128 Å². The SMILES string of the molecule is CC1=NN(c2ccccc2)C(=O)C1C=Nc1ccc(O)cc1. The number of phenolic OH excluding ortho intramolecular Hbond substituents is 1. The highest BCUT2D eigenvalue weighted by Crippen LogP contribution is 2.23. The molecule has 1 N–H and O–H groups in total. The van der Waals surface area contributed by atoms with E-state index in [1.165, 1.54) is 5.01 Å². The number of nitrogens with zero attached hydrogens (tertiary/aromatic N) is 3. The summed E-state index contributed by atoms with van der Waals surface area (Å²) in [5.74, 6) is -0.399. The lowest BCUT2D eigenvalue weighted by Crippen LogP contribution is -2.27. The summed E-state index contributed by atoms with van der Waals surface area (Å²) in [4.78, 5) is 16.8. The number of hydrogen-bond acceptors (Lipinski definition) is 4. The summed E-state index contributed by atoms with van der Waals surface area (Å²) >= 11 is 0. The molecule has 1 atom stereocenters. The van der Waals surface area contributed by atoms with Crippen LogP contribution in [0.5, 0.6) is 5.75 Å². The molecule has 1 aliphatic heterocycles. The van der Waals surface area contributed by atoms with Gasteiger partial charge in [-0.1, -0.05) is 18.2 Å². The maximum absolute atomic E-state index is 12.5. The fourth-order valence-electron chi connectivity index (χ4n) is 2.20. The minimum absolute atomic E-state index is 0.119. The fraction of sp³-hybridized carbons (Fsp3) is 0.118. The van der Waals surface area contributed by atoms with Crippen LogP contribution < -0.4 is 5.01 Å². The van der Waals surface area contributed by atoms with E-state index in [2.05, 4.69) is 10.1 Å². The number of aliphatic imine (C=N–C) groups is 1. The molecule has 0 bridgehead atoms. The van der Waals surface area contributed by atoms with Crippen LogP contribution in [0.3, 0.4) is 0 Å². The van der Waals surface area contributed by atoms with Crippen molar-refractivity contribution in [2.45, 2.75) is 6.92 Å². The van der Waals surface area contributed by atoms with Gasteiger partial charge in [-0.15, -0.1) is 0 Å². The number of aromatic hydroxyl groups is 1. The highest BCUT2D eigenvalue weighted by atomic mass is 16.3. The first-order valence-electron chi connectivity index (χ1n) is 6.92. The molecule has 0 aromatic heterocycles. The van der Waals surface area contributed by atoms with E-state index >= 15 is 0 Å². The average molecular weight is 293 g/mol. The quantitative estimate of drug-likeness (QED) is 0.883. The number of phenols is 1.